The van der Waals surface area contributed by atoms with Crippen LogP contribution in [0.1, 0.15) is 43.5 Å². The first-order chi connectivity index (χ1) is 12.4. The van der Waals surface area contributed by atoms with E-state index in [2.05, 4.69) is 10.1 Å². The van der Waals surface area contributed by atoms with Crippen LogP contribution in [0.25, 0.3) is 0 Å². The molecule has 0 saturated carbocycles. The van der Waals surface area contributed by atoms with Crippen LogP contribution in [0.4, 0.5) is 0 Å². The number of aromatic nitrogens is 2. The molecule has 1 amide bonds. The molecule has 7 heteroatoms. The van der Waals surface area contributed by atoms with Gasteiger partial charge in [0.05, 0.1) is 13.2 Å². The van der Waals surface area contributed by atoms with E-state index < -0.39 is 5.60 Å². The smallest absolute Gasteiger partial charge is 0.227 e. The molecule has 1 aromatic heterocycles. The van der Waals surface area contributed by atoms with Crippen molar-refractivity contribution in [3.8, 4) is 5.75 Å². The van der Waals surface area contributed by atoms with Gasteiger partial charge in [-0.3, -0.25) is 4.79 Å². The Labute approximate surface area is 153 Å². The maximum atomic E-state index is 12.7. The molecule has 3 rings (SSSR count). The second kappa shape index (κ2) is 7.45. The summed E-state index contributed by atoms with van der Waals surface area (Å²) in [6, 6.07) is 7.08. The average Bonchev–Trinajstić information content (AvgIpc) is 3.29. The van der Waals surface area contributed by atoms with Crippen molar-refractivity contribution >= 4 is 5.91 Å². The maximum absolute atomic E-state index is 12.7. The second-order valence-electron chi connectivity index (χ2n) is 6.86. The number of benzene rings is 1. The van der Waals surface area contributed by atoms with Gasteiger partial charge in [0, 0.05) is 19.4 Å². The largest absolute Gasteiger partial charge is 0.497 e. The summed E-state index contributed by atoms with van der Waals surface area (Å²) in [6.07, 6.45) is 2.34. The van der Waals surface area contributed by atoms with Gasteiger partial charge in [-0.25, -0.2) is 0 Å². The predicted octanol–water partition coefficient (Wildman–Crippen LogP) is 2.22. The van der Waals surface area contributed by atoms with Gasteiger partial charge in [0.15, 0.2) is 5.82 Å². The van der Waals surface area contributed by atoms with Crippen molar-refractivity contribution < 1.29 is 19.2 Å². The van der Waals surface area contributed by atoms with Crippen molar-refractivity contribution in [3.63, 3.8) is 0 Å². The molecule has 0 spiro atoms. The van der Waals surface area contributed by atoms with E-state index in [1.54, 1.807) is 25.9 Å². The molecule has 2 atom stereocenters. The summed E-state index contributed by atoms with van der Waals surface area (Å²) in [5.74, 6) is 1.76. The van der Waals surface area contributed by atoms with Gasteiger partial charge in [-0.15, -0.1) is 0 Å². The molecule has 1 saturated heterocycles. The molecule has 0 aliphatic carbocycles. The highest BCUT2D eigenvalue weighted by molar-refractivity contribution is 5.77. The fraction of sp³-hybridized carbons (Fsp3) is 0.526. The average molecular weight is 359 g/mol. The minimum Gasteiger partial charge on any atom is -0.497 e. The number of methoxy groups -OCH3 is 1. The Morgan fingerprint density at radius 2 is 2.15 bits per heavy atom. The minimum absolute atomic E-state index is 0.00265. The molecule has 0 unspecified atom stereocenters. The summed E-state index contributed by atoms with van der Waals surface area (Å²) in [5.41, 5.74) is -0.352. The number of amides is 1. The van der Waals surface area contributed by atoms with E-state index in [1.807, 2.05) is 24.3 Å². The summed E-state index contributed by atoms with van der Waals surface area (Å²) >= 11 is 0. The number of rotatable bonds is 6. The lowest BCUT2D eigenvalue weighted by molar-refractivity contribution is -0.137. The Hall–Kier alpha value is -2.41. The molecule has 140 valence electrons. The lowest BCUT2D eigenvalue weighted by atomic mass is 9.86. The lowest BCUT2D eigenvalue weighted by Crippen LogP contribution is -2.48. The molecule has 1 fully saturated rings. The first kappa shape index (κ1) is 18.4. The highest BCUT2D eigenvalue weighted by Crippen LogP contribution is 2.35. The zero-order valence-electron chi connectivity index (χ0n) is 15.4. The van der Waals surface area contributed by atoms with Crippen LogP contribution in [0.5, 0.6) is 5.75 Å². The standard InChI is InChI=1S/C19H25N3O4/c1-13-20-17(26-21-13)10-11-18(23)22-12-4-5-16(22)19(2,24)14-6-8-15(25-3)9-7-14/h6-9,16,24H,4-5,10-12H2,1-3H3/t16-,19+/m0/s1. The van der Waals surface area contributed by atoms with Gasteiger partial charge >= 0.3 is 0 Å². The first-order valence-corrected chi connectivity index (χ1v) is 8.87. The number of carbonyl (C=O) groups excluding carboxylic acids is 1. The molecule has 2 heterocycles. The number of likely N-dealkylation sites (tertiary alicyclic amines) is 1. The fourth-order valence-corrected chi connectivity index (χ4v) is 3.57. The topological polar surface area (TPSA) is 88.7 Å². The van der Waals surface area contributed by atoms with Gasteiger partial charge in [-0.2, -0.15) is 4.98 Å². The van der Waals surface area contributed by atoms with E-state index in [9.17, 15) is 9.90 Å². The minimum atomic E-state index is -1.13. The van der Waals surface area contributed by atoms with Crippen LogP contribution in [0.2, 0.25) is 0 Å². The molecule has 0 bridgehead atoms. The normalized spacial score (nSPS) is 19.4. The Bertz CT molecular complexity index is 754. The Morgan fingerprint density at radius 1 is 1.42 bits per heavy atom. The second-order valence-corrected chi connectivity index (χ2v) is 6.86. The number of aryl methyl sites for hydroxylation is 2. The van der Waals surface area contributed by atoms with Crippen molar-refractivity contribution in [2.75, 3.05) is 13.7 Å². The van der Waals surface area contributed by atoms with E-state index in [0.717, 1.165) is 24.2 Å². The summed E-state index contributed by atoms with van der Waals surface area (Å²) in [4.78, 5) is 18.6. The summed E-state index contributed by atoms with van der Waals surface area (Å²) in [7, 11) is 1.61. The number of hydrogen-bond acceptors (Lipinski definition) is 6. The highest BCUT2D eigenvalue weighted by Gasteiger charge is 2.42. The van der Waals surface area contributed by atoms with Crippen molar-refractivity contribution in [2.24, 2.45) is 0 Å². The van der Waals surface area contributed by atoms with Gasteiger partial charge in [-0.05, 0) is 44.4 Å². The van der Waals surface area contributed by atoms with Gasteiger partial charge in [0.1, 0.15) is 11.4 Å². The van der Waals surface area contributed by atoms with Gasteiger partial charge in [0.25, 0.3) is 0 Å². The third kappa shape index (κ3) is 3.72. The maximum Gasteiger partial charge on any atom is 0.227 e. The van der Waals surface area contributed by atoms with Gasteiger partial charge in [0.2, 0.25) is 11.8 Å². The quantitative estimate of drug-likeness (QED) is 0.851. The van der Waals surface area contributed by atoms with E-state index in [-0.39, 0.29) is 18.4 Å². The van der Waals surface area contributed by atoms with E-state index in [0.29, 0.717) is 24.7 Å². The van der Waals surface area contributed by atoms with E-state index >= 15 is 0 Å². The fourth-order valence-electron chi connectivity index (χ4n) is 3.57. The molecule has 2 aromatic rings. The Morgan fingerprint density at radius 3 is 2.77 bits per heavy atom. The lowest BCUT2D eigenvalue weighted by Gasteiger charge is -2.37. The molecule has 1 aliphatic heterocycles. The molecular weight excluding hydrogens is 334 g/mol. The van der Waals surface area contributed by atoms with Gasteiger partial charge < -0.3 is 19.3 Å². The summed E-state index contributed by atoms with van der Waals surface area (Å²) < 4.78 is 10.2. The van der Waals surface area contributed by atoms with Gasteiger partial charge in [-0.1, -0.05) is 17.3 Å². The monoisotopic (exact) mass is 359 g/mol. The molecule has 1 aromatic carbocycles. The van der Waals surface area contributed by atoms with Crippen LogP contribution >= 0.6 is 0 Å². The predicted molar refractivity (Wildman–Crippen MR) is 94.7 cm³/mol. The zero-order valence-corrected chi connectivity index (χ0v) is 15.4. The van der Waals surface area contributed by atoms with E-state index in [1.165, 1.54) is 0 Å². The van der Waals surface area contributed by atoms with Crippen LogP contribution in [0, 0.1) is 6.92 Å². The van der Waals surface area contributed by atoms with Crippen LogP contribution in [0.3, 0.4) is 0 Å². The SMILES string of the molecule is COc1ccc([C@@](C)(O)[C@@H]2CCCN2C(=O)CCc2nc(C)no2)cc1. The highest BCUT2D eigenvalue weighted by atomic mass is 16.5. The summed E-state index contributed by atoms with van der Waals surface area (Å²) in [6.45, 7) is 4.17. The van der Waals surface area contributed by atoms with Crippen LogP contribution in [-0.2, 0) is 16.8 Å². The number of aliphatic hydroxyl groups is 1. The van der Waals surface area contributed by atoms with Crippen molar-refractivity contribution in [1.82, 2.24) is 15.0 Å². The Balaban J connectivity index is 1.70. The molecule has 26 heavy (non-hydrogen) atoms. The summed E-state index contributed by atoms with van der Waals surface area (Å²) in [5, 5.41) is 14.9. The molecule has 0 radical (unpaired) electrons. The third-order valence-corrected chi connectivity index (χ3v) is 5.02. The number of carbonyl (C=O) groups is 1. The number of nitrogens with zero attached hydrogens (tertiary/aromatic N) is 3. The Kier molecular flexibility index (Phi) is 5.27. The van der Waals surface area contributed by atoms with Crippen molar-refractivity contribution in [1.29, 1.82) is 0 Å². The first-order valence-electron chi connectivity index (χ1n) is 8.87. The van der Waals surface area contributed by atoms with Crippen LogP contribution < -0.4 is 4.74 Å². The zero-order chi connectivity index (χ0) is 18.7. The number of ether oxygens (including phenoxy) is 1. The van der Waals surface area contributed by atoms with Crippen molar-refractivity contribution in [2.45, 2.75) is 51.2 Å². The molecular formula is C19H25N3O4. The molecule has 7 nitrogen and oxygen atoms in total. The van der Waals surface area contributed by atoms with Crippen molar-refractivity contribution in [3.05, 3.63) is 41.5 Å². The molecule has 1 aliphatic rings. The molecule has 1 N–H and O–H groups in total. The van der Waals surface area contributed by atoms with Crippen LogP contribution in [-0.4, -0.2) is 45.8 Å². The van der Waals surface area contributed by atoms with E-state index in [4.69, 9.17) is 9.26 Å². The number of hydrogen-bond donors (Lipinski definition) is 1. The third-order valence-electron chi connectivity index (χ3n) is 5.02. The van der Waals surface area contributed by atoms with Crippen LogP contribution in [0.15, 0.2) is 28.8 Å².